The summed E-state index contributed by atoms with van der Waals surface area (Å²) in [5.41, 5.74) is 1.43. The monoisotopic (exact) mass is 368 g/mol. The minimum atomic E-state index is -0.334. The summed E-state index contributed by atoms with van der Waals surface area (Å²) in [5.74, 6) is 1.63. The number of rotatable bonds is 4. The zero-order valence-electron chi connectivity index (χ0n) is 14.1. The Morgan fingerprint density at radius 1 is 1.31 bits per heavy atom. The number of thiazole rings is 1. The minimum absolute atomic E-state index is 0.168. The molecule has 1 aliphatic heterocycles. The molecule has 3 aromatic rings. The van der Waals surface area contributed by atoms with Gasteiger partial charge in [0.05, 0.1) is 17.3 Å². The Morgan fingerprint density at radius 2 is 2.15 bits per heavy atom. The molecule has 26 heavy (non-hydrogen) atoms. The van der Waals surface area contributed by atoms with Gasteiger partial charge >= 0.3 is 0 Å². The molecule has 0 bridgehead atoms. The third kappa shape index (κ3) is 2.86. The molecule has 0 atom stereocenters. The predicted molar refractivity (Wildman–Crippen MR) is 99.0 cm³/mol. The maximum Gasteiger partial charge on any atom is 0.279 e. The highest BCUT2D eigenvalue weighted by molar-refractivity contribution is 7.16. The van der Waals surface area contributed by atoms with Crippen molar-refractivity contribution in [1.29, 1.82) is 0 Å². The number of hydrogen-bond donors (Lipinski definition) is 0. The molecule has 0 aliphatic carbocycles. The van der Waals surface area contributed by atoms with Crippen molar-refractivity contribution in [2.45, 2.75) is 6.54 Å². The Bertz CT molecular complexity index is 1080. The molecule has 1 amide bonds. The van der Waals surface area contributed by atoms with E-state index in [1.165, 1.54) is 11.3 Å². The van der Waals surface area contributed by atoms with E-state index in [0.717, 1.165) is 16.0 Å². The Hall–Kier alpha value is -3.06. The molecule has 0 fully saturated rings. The number of allylic oxidation sites excluding steroid dienone is 1. The van der Waals surface area contributed by atoms with E-state index in [0.29, 0.717) is 28.4 Å². The van der Waals surface area contributed by atoms with Gasteiger partial charge in [-0.3, -0.25) is 4.79 Å². The maximum absolute atomic E-state index is 12.7. The van der Waals surface area contributed by atoms with Crippen LogP contribution in [0, 0.1) is 0 Å². The molecular formula is C19H16N2O4S. The molecule has 0 unspecified atom stereocenters. The summed E-state index contributed by atoms with van der Waals surface area (Å²) < 4.78 is 18.8. The highest BCUT2D eigenvalue weighted by Crippen LogP contribution is 2.32. The molecule has 0 saturated carbocycles. The van der Waals surface area contributed by atoms with E-state index in [1.54, 1.807) is 31.4 Å². The second-order valence-corrected chi connectivity index (χ2v) is 6.61. The fourth-order valence-electron chi connectivity index (χ4n) is 2.75. The van der Waals surface area contributed by atoms with Gasteiger partial charge in [-0.05, 0) is 36.4 Å². The van der Waals surface area contributed by atoms with Crippen molar-refractivity contribution in [3.05, 3.63) is 59.4 Å². The number of aromatic nitrogens is 1. The van der Waals surface area contributed by atoms with E-state index in [4.69, 9.17) is 14.2 Å². The molecule has 0 spiro atoms. The smallest absolute Gasteiger partial charge is 0.279 e. The molecule has 7 heteroatoms. The lowest BCUT2D eigenvalue weighted by atomic mass is 10.2. The Labute approximate surface area is 153 Å². The van der Waals surface area contributed by atoms with E-state index >= 15 is 0 Å². The Kier molecular flexibility index (Phi) is 4.22. The lowest BCUT2D eigenvalue weighted by molar-refractivity contribution is 0.0997. The van der Waals surface area contributed by atoms with Gasteiger partial charge in [-0.25, -0.2) is 0 Å². The highest BCUT2D eigenvalue weighted by Gasteiger charge is 2.16. The van der Waals surface area contributed by atoms with Gasteiger partial charge in [0.2, 0.25) is 6.79 Å². The third-order valence-electron chi connectivity index (χ3n) is 4.02. The van der Waals surface area contributed by atoms with Gasteiger partial charge in [-0.15, -0.1) is 6.58 Å². The lowest BCUT2D eigenvalue weighted by Gasteiger charge is -2.02. The van der Waals surface area contributed by atoms with Crippen LogP contribution in [0.4, 0.5) is 0 Å². The van der Waals surface area contributed by atoms with Crippen LogP contribution in [-0.4, -0.2) is 24.4 Å². The second-order valence-electron chi connectivity index (χ2n) is 5.60. The molecular weight excluding hydrogens is 352 g/mol. The van der Waals surface area contributed by atoms with Gasteiger partial charge in [-0.2, -0.15) is 4.99 Å². The van der Waals surface area contributed by atoms with Crippen LogP contribution in [0.2, 0.25) is 0 Å². The average Bonchev–Trinajstić information content (AvgIpc) is 3.25. The summed E-state index contributed by atoms with van der Waals surface area (Å²) in [6.07, 6.45) is 1.78. The molecule has 4 rings (SSSR count). The van der Waals surface area contributed by atoms with E-state index < -0.39 is 0 Å². The lowest BCUT2D eigenvalue weighted by Crippen LogP contribution is -2.16. The van der Waals surface area contributed by atoms with Crippen molar-refractivity contribution >= 4 is 27.5 Å². The van der Waals surface area contributed by atoms with Gasteiger partial charge in [0.1, 0.15) is 5.75 Å². The number of fused-ring (bicyclic) bond motifs is 2. The molecule has 1 aromatic heterocycles. The van der Waals surface area contributed by atoms with Crippen LogP contribution in [0.15, 0.2) is 54.0 Å². The first-order valence-corrected chi connectivity index (χ1v) is 8.78. The summed E-state index contributed by atoms with van der Waals surface area (Å²) in [4.78, 5) is 17.6. The van der Waals surface area contributed by atoms with E-state index in [1.807, 2.05) is 22.8 Å². The normalized spacial score (nSPS) is 13.2. The first-order chi connectivity index (χ1) is 12.7. The Balaban J connectivity index is 1.80. The van der Waals surface area contributed by atoms with Crippen molar-refractivity contribution in [1.82, 2.24) is 4.57 Å². The molecule has 0 N–H and O–H groups in total. The van der Waals surface area contributed by atoms with Crippen LogP contribution in [-0.2, 0) is 6.54 Å². The molecule has 6 nitrogen and oxygen atoms in total. The summed E-state index contributed by atoms with van der Waals surface area (Å²) in [7, 11) is 1.63. The number of ether oxygens (including phenoxy) is 3. The first kappa shape index (κ1) is 16.4. The zero-order valence-corrected chi connectivity index (χ0v) is 14.9. The number of carbonyl (C=O) groups excluding carboxylic acids is 1. The zero-order chi connectivity index (χ0) is 18.1. The molecule has 2 aromatic carbocycles. The van der Waals surface area contributed by atoms with Gasteiger partial charge in [0.25, 0.3) is 5.91 Å². The van der Waals surface area contributed by atoms with Crippen LogP contribution in [0.25, 0.3) is 10.2 Å². The topological polar surface area (TPSA) is 62.1 Å². The summed E-state index contributed by atoms with van der Waals surface area (Å²) >= 11 is 1.43. The van der Waals surface area contributed by atoms with Crippen molar-refractivity contribution in [2.75, 3.05) is 13.9 Å². The second kappa shape index (κ2) is 6.68. The number of benzene rings is 2. The van der Waals surface area contributed by atoms with E-state index in [-0.39, 0.29) is 12.7 Å². The molecule has 0 saturated heterocycles. The largest absolute Gasteiger partial charge is 0.497 e. The maximum atomic E-state index is 12.7. The van der Waals surface area contributed by atoms with Gasteiger partial charge < -0.3 is 18.8 Å². The number of nitrogens with zero attached hydrogens (tertiary/aromatic N) is 2. The van der Waals surface area contributed by atoms with Gasteiger partial charge in [0.15, 0.2) is 16.3 Å². The van der Waals surface area contributed by atoms with Gasteiger partial charge in [0, 0.05) is 12.1 Å². The first-order valence-electron chi connectivity index (χ1n) is 7.96. The number of methoxy groups -OCH3 is 1. The van der Waals surface area contributed by atoms with Crippen molar-refractivity contribution in [2.24, 2.45) is 4.99 Å². The Morgan fingerprint density at radius 3 is 2.96 bits per heavy atom. The SMILES string of the molecule is C=CCn1c(=NC(=O)c2ccc3c(c2)OCO3)sc2cc(OC)ccc21. The molecule has 0 radical (unpaired) electrons. The fourth-order valence-corrected chi connectivity index (χ4v) is 3.82. The standard InChI is InChI=1S/C19H16N2O4S/c1-3-8-21-14-6-5-13(23-2)10-17(14)26-19(21)20-18(22)12-4-7-15-16(9-12)25-11-24-15/h3-7,9-10H,1,8,11H2,2H3. The predicted octanol–water partition coefficient (Wildman–Crippen LogP) is 3.37. The van der Waals surface area contributed by atoms with Crippen LogP contribution in [0.3, 0.4) is 0 Å². The van der Waals surface area contributed by atoms with E-state index in [2.05, 4.69) is 11.6 Å². The van der Waals surface area contributed by atoms with Crippen LogP contribution in [0.1, 0.15) is 10.4 Å². The highest BCUT2D eigenvalue weighted by atomic mass is 32.1. The number of carbonyl (C=O) groups is 1. The van der Waals surface area contributed by atoms with Crippen LogP contribution in [0.5, 0.6) is 17.2 Å². The summed E-state index contributed by atoms with van der Waals surface area (Å²) in [6, 6.07) is 10.8. The molecule has 1 aliphatic rings. The number of amides is 1. The van der Waals surface area contributed by atoms with Crippen LogP contribution >= 0.6 is 11.3 Å². The minimum Gasteiger partial charge on any atom is -0.497 e. The molecule has 2 heterocycles. The molecule has 132 valence electrons. The summed E-state index contributed by atoms with van der Waals surface area (Å²) in [6.45, 7) is 4.52. The van der Waals surface area contributed by atoms with Gasteiger partial charge in [-0.1, -0.05) is 17.4 Å². The fraction of sp³-hybridized carbons (Fsp3) is 0.158. The average molecular weight is 368 g/mol. The number of hydrogen-bond acceptors (Lipinski definition) is 5. The van der Waals surface area contributed by atoms with Crippen molar-refractivity contribution in [3.63, 3.8) is 0 Å². The van der Waals surface area contributed by atoms with Crippen molar-refractivity contribution in [3.8, 4) is 17.2 Å². The quantitative estimate of drug-likeness (QED) is 0.663. The van der Waals surface area contributed by atoms with Crippen molar-refractivity contribution < 1.29 is 19.0 Å². The van der Waals surface area contributed by atoms with Crippen LogP contribution < -0.4 is 19.0 Å². The third-order valence-corrected chi connectivity index (χ3v) is 5.06. The van der Waals surface area contributed by atoms with E-state index in [9.17, 15) is 4.79 Å². The summed E-state index contributed by atoms with van der Waals surface area (Å²) in [5, 5.41) is 0.